The molecule has 0 saturated carbocycles. The highest BCUT2D eigenvalue weighted by Gasteiger charge is 2.28. The molecular weight excluding hydrogens is 252 g/mol. The summed E-state index contributed by atoms with van der Waals surface area (Å²) in [6, 6.07) is 4.77. The van der Waals surface area contributed by atoms with Crippen molar-refractivity contribution in [2.24, 2.45) is 5.73 Å². The normalized spacial score (nSPS) is 19.6. The molecule has 1 unspecified atom stereocenters. The first-order valence-corrected chi connectivity index (χ1v) is 6.32. The molecule has 2 rings (SSSR count). The summed E-state index contributed by atoms with van der Waals surface area (Å²) in [5.41, 5.74) is 6.71. The highest BCUT2D eigenvalue weighted by atomic mass is 35.5. The van der Waals surface area contributed by atoms with Crippen LogP contribution in [0.4, 0.5) is 5.69 Å². The number of carbonyl (C=O) groups excluding carboxylic acids is 2. The molecule has 0 aromatic heterocycles. The lowest BCUT2D eigenvalue weighted by molar-refractivity contribution is -0.119. The molecule has 18 heavy (non-hydrogen) atoms. The Balaban J connectivity index is 2.33. The number of carbonyl (C=O) groups is 2. The molecule has 1 saturated heterocycles. The minimum absolute atomic E-state index is 0.307. The number of benzene rings is 1. The fraction of sp³-hybridized carbons (Fsp3) is 0.385. The number of rotatable bonds is 3. The molecule has 1 aromatic rings. The second kappa shape index (κ2) is 5.40. The largest absolute Gasteiger partial charge is 0.368 e. The maximum absolute atomic E-state index is 11.5. The van der Waals surface area contributed by atoms with Crippen molar-refractivity contribution in [3.63, 3.8) is 0 Å². The molecule has 96 valence electrons. The quantitative estimate of drug-likeness (QED) is 0.851. The Morgan fingerprint density at radius 3 is 2.83 bits per heavy atom. The van der Waals surface area contributed by atoms with E-state index in [1.165, 1.54) is 0 Å². The van der Waals surface area contributed by atoms with Crippen LogP contribution in [0.5, 0.6) is 0 Å². The molecule has 1 heterocycles. The third kappa shape index (κ3) is 2.48. The van der Waals surface area contributed by atoms with Gasteiger partial charge in [-0.3, -0.25) is 9.59 Å². The second-order valence-electron chi connectivity index (χ2n) is 4.44. The van der Waals surface area contributed by atoms with Crippen LogP contribution in [-0.2, 0) is 4.79 Å². The van der Waals surface area contributed by atoms with E-state index < -0.39 is 0 Å². The van der Waals surface area contributed by atoms with Crippen LogP contribution in [0.1, 0.15) is 29.6 Å². The Kier molecular flexibility index (Phi) is 3.87. The molecule has 1 aliphatic heterocycles. The first-order valence-electron chi connectivity index (χ1n) is 5.94. The minimum Gasteiger partial charge on any atom is -0.368 e. The third-order valence-corrected chi connectivity index (χ3v) is 3.55. The molecule has 4 nitrogen and oxygen atoms in total. The smallest absolute Gasteiger partial charge is 0.240 e. The fourth-order valence-electron chi connectivity index (χ4n) is 2.35. The summed E-state index contributed by atoms with van der Waals surface area (Å²) >= 11 is 6.16. The van der Waals surface area contributed by atoms with Gasteiger partial charge in [-0.25, -0.2) is 0 Å². The molecule has 1 atom stereocenters. The van der Waals surface area contributed by atoms with Crippen molar-refractivity contribution in [2.45, 2.75) is 25.3 Å². The van der Waals surface area contributed by atoms with Crippen LogP contribution in [0.2, 0.25) is 5.02 Å². The van der Waals surface area contributed by atoms with Gasteiger partial charge in [-0.05, 0) is 37.5 Å². The first-order chi connectivity index (χ1) is 8.63. The summed E-state index contributed by atoms with van der Waals surface area (Å²) in [6.07, 6.45) is 3.50. The Hall–Kier alpha value is -1.55. The van der Waals surface area contributed by atoms with E-state index in [4.69, 9.17) is 17.3 Å². The van der Waals surface area contributed by atoms with Gasteiger partial charge in [-0.1, -0.05) is 11.6 Å². The van der Waals surface area contributed by atoms with Gasteiger partial charge in [0.1, 0.15) is 12.3 Å². The third-order valence-electron chi connectivity index (χ3n) is 3.25. The predicted octanol–water partition coefficient (Wildman–Crippen LogP) is 2.00. The zero-order valence-corrected chi connectivity index (χ0v) is 10.7. The maximum atomic E-state index is 11.5. The van der Waals surface area contributed by atoms with Crippen LogP contribution in [-0.4, -0.2) is 24.8 Å². The van der Waals surface area contributed by atoms with E-state index in [2.05, 4.69) is 0 Å². The number of anilines is 1. The minimum atomic E-state index is -0.328. The number of nitrogens with two attached hydrogens (primary N) is 1. The summed E-state index contributed by atoms with van der Waals surface area (Å²) in [4.78, 5) is 24.1. The fourth-order valence-corrected chi connectivity index (χ4v) is 2.64. The Bertz CT molecular complexity index is 476. The van der Waals surface area contributed by atoms with Crippen molar-refractivity contribution in [1.82, 2.24) is 0 Å². The van der Waals surface area contributed by atoms with Gasteiger partial charge in [0, 0.05) is 12.1 Å². The van der Waals surface area contributed by atoms with Crippen LogP contribution in [0.3, 0.4) is 0 Å². The number of hydrogen-bond acceptors (Lipinski definition) is 3. The summed E-state index contributed by atoms with van der Waals surface area (Å²) in [5.74, 6) is -0.328. The summed E-state index contributed by atoms with van der Waals surface area (Å²) < 4.78 is 0. The van der Waals surface area contributed by atoms with Crippen LogP contribution in [0.25, 0.3) is 0 Å². The topological polar surface area (TPSA) is 63.4 Å². The van der Waals surface area contributed by atoms with Crippen LogP contribution < -0.4 is 10.6 Å². The lowest BCUT2D eigenvalue weighted by Crippen LogP contribution is -2.48. The second-order valence-corrected chi connectivity index (χ2v) is 4.84. The average Bonchev–Trinajstić information content (AvgIpc) is 2.38. The van der Waals surface area contributed by atoms with E-state index in [-0.39, 0.29) is 11.9 Å². The average molecular weight is 267 g/mol. The highest BCUT2D eigenvalue weighted by molar-refractivity contribution is 6.33. The van der Waals surface area contributed by atoms with Crippen LogP contribution >= 0.6 is 11.6 Å². The molecule has 0 aliphatic carbocycles. The zero-order valence-electron chi connectivity index (χ0n) is 9.93. The molecule has 5 heteroatoms. The van der Waals surface area contributed by atoms with Gasteiger partial charge in [0.05, 0.1) is 10.7 Å². The summed E-state index contributed by atoms with van der Waals surface area (Å²) in [5, 5.41) is 0.479. The van der Waals surface area contributed by atoms with Gasteiger partial charge in [-0.2, -0.15) is 0 Å². The van der Waals surface area contributed by atoms with Crippen molar-refractivity contribution < 1.29 is 9.59 Å². The lowest BCUT2D eigenvalue weighted by atomic mass is 10.0. The number of hydrogen-bond donors (Lipinski definition) is 1. The Morgan fingerprint density at radius 2 is 2.22 bits per heavy atom. The van der Waals surface area contributed by atoms with Gasteiger partial charge >= 0.3 is 0 Å². The van der Waals surface area contributed by atoms with E-state index in [0.717, 1.165) is 37.8 Å². The van der Waals surface area contributed by atoms with Crippen molar-refractivity contribution in [3.8, 4) is 0 Å². The SMILES string of the molecule is NC(=O)C1CCCCN1c1ccc(C=O)cc1Cl. The molecule has 1 fully saturated rings. The predicted molar refractivity (Wildman–Crippen MR) is 71.0 cm³/mol. The van der Waals surface area contributed by atoms with E-state index in [9.17, 15) is 9.59 Å². The van der Waals surface area contributed by atoms with Crippen LogP contribution in [0, 0.1) is 0 Å². The van der Waals surface area contributed by atoms with E-state index in [0.29, 0.717) is 10.6 Å². The molecule has 1 amide bonds. The van der Waals surface area contributed by atoms with Gasteiger partial charge < -0.3 is 10.6 Å². The molecule has 0 radical (unpaired) electrons. The molecule has 0 bridgehead atoms. The van der Waals surface area contributed by atoms with Crippen molar-refractivity contribution in [3.05, 3.63) is 28.8 Å². The zero-order chi connectivity index (χ0) is 13.1. The van der Waals surface area contributed by atoms with Gasteiger partial charge in [0.2, 0.25) is 5.91 Å². The number of nitrogens with zero attached hydrogens (tertiary/aromatic N) is 1. The molecule has 2 N–H and O–H groups in total. The van der Waals surface area contributed by atoms with Crippen molar-refractivity contribution in [2.75, 3.05) is 11.4 Å². The standard InChI is InChI=1S/C13H15ClN2O2/c14-10-7-9(8-17)4-5-11(10)16-6-2-1-3-12(16)13(15)18/h4-5,7-8,12H,1-3,6H2,(H2,15,18). The van der Waals surface area contributed by atoms with E-state index >= 15 is 0 Å². The Morgan fingerprint density at radius 1 is 1.44 bits per heavy atom. The number of piperidine rings is 1. The van der Waals surface area contributed by atoms with Crippen LogP contribution in [0.15, 0.2) is 18.2 Å². The highest BCUT2D eigenvalue weighted by Crippen LogP contribution is 2.31. The number of halogens is 1. The maximum Gasteiger partial charge on any atom is 0.240 e. The summed E-state index contributed by atoms with van der Waals surface area (Å²) in [7, 11) is 0. The summed E-state index contributed by atoms with van der Waals surface area (Å²) in [6.45, 7) is 0.758. The van der Waals surface area contributed by atoms with Crippen molar-refractivity contribution >= 4 is 29.5 Å². The number of aldehydes is 1. The van der Waals surface area contributed by atoms with Gasteiger partial charge in [0.15, 0.2) is 0 Å². The molecular formula is C13H15ClN2O2. The van der Waals surface area contributed by atoms with E-state index in [1.54, 1.807) is 18.2 Å². The number of primary amides is 1. The van der Waals surface area contributed by atoms with Gasteiger partial charge in [0.25, 0.3) is 0 Å². The molecule has 1 aromatic carbocycles. The molecule has 1 aliphatic rings. The molecule has 0 spiro atoms. The van der Waals surface area contributed by atoms with E-state index in [1.807, 2.05) is 4.90 Å². The van der Waals surface area contributed by atoms with Gasteiger partial charge in [-0.15, -0.1) is 0 Å². The number of amides is 1. The Labute approximate surface area is 111 Å². The van der Waals surface area contributed by atoms with Crippen molar-refractivity contribution in [1.29, 1.82) is 0 Å². The first kappa shape index (κ1) is 12.9. The monoisotopic (exact) mass is 266 g/mol. The lowest BCUT2D eigenvalue weighted by Gasteiger charge is -2.36.